The summed E-state index contributed by atoms with van der Waals surface area (Å²) in [5, 5.41) is 0. The van der Waals surface area contributed by atoms with Gasteiger partial charge in [0.25, 0.3) is 0 Å². The Labute approximate surface area is 225 Å². The molecule has 0 aromatic heterocycles. The van der Waals surface area contributed by atoms with Gasteiger partial charge in [-0.15, -0.1) is 0 Å². The van der Waals surface area contributed by atoms with Gasteiger partial charge in [0, 0.05) is 39.7 Å². The lowest BCUT2D eigenvalue weighted by molar-refractivity contribution is 0.112. The molecule has 5 aromatic rings. The summed E-state index contributed by atoms with van der Waals surface area (Å²) in [4.78, 5) is 16.7. The maximum Gasteiger partial charge on any atom is 0.150 e. The van der Waals surface area contributed by atoms with E-state index in [1.54, 1.807) is 0 Å². The summed E-state index contributed by atoms with van der Waals surface area (Å²) in [5.41, 5.74) is 11.3. The lowest BCUT2D eigenvalue weighted by atomic mass is 10.1. The number of benzene rings is 5. The van der Waals surface area contributed by atoms with Crippen molar-refractivity contribution in [1.82, 2.24) is 0 Å². The lowest BCUT2D eigenvalue weighted by Gasteiger charge is -2.30. The van der Waals surface area contributed by atoms with Crippen LogP contribution in [0.5, 0.6) is 0 Å². The van der Waals surface area contributed by atoms with Crippen LogP contribution in [0.3, 0.4) is 0 Å². The van der Waals surface area contributed by atoms with Crippen LogP contribution in [0.15, 0.2) is 115 Å². The second-order valence-corrected chi connectivity index (χ2v) is 9.93. The summed E-state index contributed by atoms with van der Waals surface area (Å²) >= 11 is 0. The van der Waals surface area contributed by atoms with Gasteiger partial charge >= 0.3 is 0 Å². The number of anilines is 6. The number of carbonyl (C=O) groups is 1. The fraction of sp³-hybridized carbons (Fsp3) is 0.114. The van der Waals surface area contributed by atoms with E-state index < -0.39 is 0 Å². The highest BCUT2D eigenvalue weighted by Crippen LogP contribution is 2.41. The molecule has 5 rings (SSSR count). The van der Waals surface area contributed by atoms with Crippen LogP contribution in [0.25, 0.3) is 0 Å². The van der Waals surface area contributed by atoms with Crippen LogP contribution >= 0.6 is 0 Å². The number of nitrogens with zero attached hydrogens (tertiary/aromatic N) is 2. The molecular weight excluding hydrogens is 464 g/mol. The van der Waals surface area contributed by atoms with Crippen LogP contribution in [0.1, 0.15) is 32.6 Å². The minimum absolute atomic E-state index is 0.619. The first kappa shape index (κ1) is 25.0. The number of hydrogen-bond donors (Lipinski definition) is 0. The second-order valence-electron chi connectivity index (χ2n) is 9.93. The molecule has 0 fully saturated rings. The first-order valence-corrected chi connectivity index (χ1v) is 12.9. The predicted molar refractivity (Wildman–Crippen MR) is 160 cm³/mol. The summed E-state index contributed by atoms with van der Waals surface area (Å²) in [6.07, 6.45) is 0.933. The number of hydrogen-bond acceptors (Lipinski definition) is 3. The summed E-state index contributed by atoms with van der Waals surface area (Å²) in [6.45, 7) is 8.40. The van der Waals surface area contributed by atoms with E-state index in [-0.39, 0.29) is 0 Å². The van der Waals surface area contributed by atoms with Crippen molar-refractivity contribution >= 4 is 40.4 Å². The molecule has 0 radical (unpaired) electrons. The van der Waals surface area contributed by atoms with E-state index in [9.17, 15) is 4.79 Å². The summed E-state index contributed by atoms with van der Waals surface area (Å²) in [5.74, 6) is 0. The third-order valence-electron chi connectivity index (χ3n) is 6.62. The van der Waals surface area contributed by atoms with Crippen molar-refractivity contribution in [2.75, 3.05) is 9.80 Å². The second kappa shape index (κ2) is 10.8. The quantitative estimate of drug-likeness (QED) is 0.210. The molecule has 0 saturated heterocycles. The molecule has 0 aliphatic rings. The molecule has 3 heteroatoms. The van der Waals surface area contributed by atoms with Gasteiger partial charge < -0.3 is 9.80 Å². The zero-order valence-corrected chi connectivity index (χ0v) is 22.3. The van der Waals surface area contributed by atoms with Crippen LogP contribution in [0, 0.1) is 27.7 Å². The van der Waals surface area contributed by atoms with Crippen molar-refractivity contribution < 1.29 is 4.79 Å². The summed E-state index contributed by atoms with van der Waals surface area (Å²) in [6, 6.07) is 39.9. The monoisotopic (exact) mass is 496 g/mol. The largest absolute Gasteiger partial charge is 0.310 e. The Kier molecular flexibility index (Phi) is 7.10. The number of aryl methyl sites for hydroxylation is 4. The third kappa shape index (κ3) is 5.37. The van der Waals surface area contributed by atoms with Crippen molar-refractivity contribution in [2.45, 2.75) is 27.7 Å². The molecule has 0 saturated carbocycles. The number of aldehydes is 1. The van der Waals surface area contributed by atoms with E-state index in [1.165, 1.54) is 22.3 Å². The van der Waals surface area contributed by atoms with E-state index in [0.717, 1.165) is 40.4 Å². The SMILES string of the molecule is Cc1cccc(N(c2cccc(C)c2)c2cc(C=O)cc(N(c3cccc(C)c3)c3cccc(C)c3)c2)c1. The van der Waals surface area contributed by atoms with Crippen LogP contribution in [-0.2, 0) is 0 Å². The molecule has 0 amide bonds. The van der Waals surface area contributed by atoms with E-state index in [4.69, 9.17) is 0 Å². The Morgan fingerprint density at radius 3 is 1.00 bits per heavy atom. The molecular formula is C35H32N2O. The predicted octanol–water partition coefficient (Wildman–Crippen LogP) is 9.67. The van der Waals surface area contributed by atoms with Gasteiger partial charge in [-0.3, -0.25) is 4.79 Å². The standard InChI is InChI=1S/C35H32N2O/c1-25-9-5-13-30(17-25)36(31-14-6-10-26(2)18-31)34-21-29(24-38)22-35(23-34)37(32-15-7-11-27(3)19-32)33-16-8-12-28(4)20-33/h5-24H,1-4H3. The van der Waals surface area contributed by atoms with E-state index in [2.05, 4.69) is 141 Å². The highest BCUT2D eigenvalue weighted by molar-refractivity contribution is 5.88. The van der Waals surface area contributed by atoms with Crippen molar-refractivity contribution in [1.29, 1.82) is 0 Å². The fourth-order valence-corrected chi connectivity index (χ4v) is 4.91. The molecule has 0 bridgehead atoms. The van der Waals surface area contributed by atoms with Crippen molar-refractivity contribution in [2.24, 2.45) is 0 Å². The molecule has 0 aliphatic heterocycles. The average Bonchev–Trinajstić information content (AvgIpc) is 2.89. The Hall–Kier alpha value is -4.63. The fourth-order valence-electron chi connectivity index (χ4n) is 4.91. The normalized spacial score (nSPS) is 10.7. The van der Waals surface area contributed by atoms with Crippen molar-refractivity contribution in [3.05, 3.63) is 143 Å². The molecule has 0 atom stereocenters. The van der Waals surface area contributed by atoms with Gasteiger partial charge in [-0.25, -0.2) is 0 Å². The van der Waals surface area contributed by atoms with Crippen LogP contribution < -0.4 is 9.80 Å². The Morgan fingerprint density at radius 2 is 0.737 bits per heavy atom. The molecule has 0 spiro atoms. The van der Waals surface area contributed by atoms with E-state index in [0.29, 0.717) is 5.56 Å². The van der Waals surface area contributed by atoms with Gasteiger partial charge in [-0.2, -0.15) is 0 Å². The van der Waals surface area contributed by atoms with Gasteiger partial charge in [-0.1, -0.05) is 48.5 Å². The molecule has 3 nitrogen and oxygen atoms in total. The van der Waals surface area contributed by atoms with Crippen molar-refractivity contribution in [3.63, 3.8) is 0 Å². The maximum absolute atomic E-state index is 12.3. The third-order valence-corrected chi connectivity index (χ3v) is 6.62. The first-order chi connectivity index (χ1) is 18.4. The first-order valence-electron chi connectivity index (χ1n) is 12.9. The number of rotatable bonds is 7. The van der Waals surface area contributed by atoms with Gasteiger partial charge in [-0.05, 0) is 117 Å². The van der Waals surface area contributed by atoms with Gasteiger partial charge in [0.1, 0.15) is 6.29 Å². The van der Waals surface area contributed by atoms with Gasteiger partial charge in [0.15, 0.2) is 0 Å². The topological polar surface area (TPSA) is 23.6 Å². The Morgan fingerprint density at radius 1 is 0.421 bits per heavy atom. The van der Waals surface area contributed by atoms with Crippen LogP contribution in [0.2, 0.25) is 0 Å². The average molecular weight is 497 g/mol. The highest BCUT2D eigenvalue weighted by atomic mass is 16.1. The molecule has 5 aromatic carbocycles. The maximum atomic E-state index is 12.3. The molecule has 0 heterocycles. The molecule has 0 N–H and O–H groups in total. The molecule has 38 heavy (non-hydrogen) atoms. The smallest absolute Gasteiger partial charge is 0.150 e. The van der Waals surface area contributed by atoms with E-state index in [1.807, 2.05) is 12.1 Å². The summed E-state index contributed by atoms with van der Waals surface area (Å²) in [7, 11) is 0. The van der Waals surface area contributed by atoms with Crippen LogP contribution in [-0.4, -0.2) is 6.29 Å². The minimum atomic E-state index is 0.619. The highest BCUT2D eigenvalue weighted by Gasteiger charge is 2.19. The zero-order chi connectivity index (χ0) is 26.6. The molecule has 188 valence electrons. The number of carbonyl (C=O) groups excluding carboxylic acids is 1. The van der Waals surface area contributed by atoms with Gasteiger partial charge in [0.2, 0.25) is 0 Å². The van der Waals surface area contributed by atoms with Crippen molar-refractivity contribution in [3.8, 4) is 0 Å². The van der Waals surface area contributed by atoms with E-state index >= 15 is 0 Å². The summed E-state index contributed by atoms with van der Waals surface area (Å²) < 4.78 is 0. The molecule has 0 aliphatic carbocycles. The zero-order valence-electron chi connectivity index (χ0n) is 22.3. The molecule has 0 unspecified atom stereocenters. The van der Waals surface area contributed by atoms with Gasteiger partial charge in [0.05, 0.1) is 0 Å². The van der Waals surface area contributed by atoms with Crippen LogP contribution in [0.4, 0.5) is 34.1 Å². The lowest BCUT2D eigenvalue weighted by Crippen LogP contribution is -2.14. The Balaban J connectivity index is 1.76. The Bertz CT molecular complexity index is 1400. The minimum Gasteiger partial charge on any atom is -0.310 e.